The van der Waals surface area contributed by atoms with E-state index < -0.39 is 23.8 Å². The van der Waals surface area contributed by atoms with Crippen molar-refractivity contribution >= 4 is 11.4 Å². The van der Waals surface area contributed by atoms with Crippen molar-refractivity contribution in [2.24, 2.45) is 0 Å². The molecule has 0 radical (unpaired) electrons. The Hall–Kier alpha value is -1.46. The lowest BCUT2D eigenvalue weighted by atomic mass is 10.3. The highest BCUT2D eigenvalue weighted by molar-refractivity contribution is 5.62. The summed E-state index contributed by atoms with van der Waals surface area (Å²) in [6, 6.07) is 0.850. The highest BCUT2D eigenvalue weighted by atomic mass is 19.3. The molecule has 12 heavy (non-hydrogen) atoms. The number of rotatable bonds is 1. The molecule has 0 amide bonds. The average Bonchev–Trinajstić information content (AvgIpc) is 1.99. The largest absolute Gasteiger partial charge is 0.397 e. The number of alkyl halides is 2. The smallest absolute Gasteiger partial charge is 0.280 e. The van der Waals surface area contributed by atoms with E-state index in [2.05, 4.69) is 4.98 Å². The molecule has 0 atom stereocenters. The van der Waals surface area contributed by atoms with Crippen LogP contribution in [0.1, 0.15) is 12.1 Å². The van der Waals surface area contributed by atoms with E-state index in [0.717, 1.165) is 6.07 Å². The van der Waals surface area contributed by atoms with Crippen LogP contribution in [-0.2, 0) is 0 Å². The normalized spacial score (nSPS) is 10.7. The first kappa shape index (κ1) is 8.63. The molecule has 1 rings (SSSR count). The van der Waals surface area contributed by atoms with E-state index in [1.165, 1.54) is 0 Å². The molecule has 1 heterocycles. The van der Waals surface area contributed by atoms with Crippen LogP contribution in [0.25, 0.3) is 0 Å². The number of nitrogen functional groups attached to an aromatic ring is 2. The topological polar surface area (TPSA) is 64.9 Å². The Morgan fingerprint density at radius 1 is 1.33 bits per heavy atom. The lowest BCUT2D eigenvalue weighted by Crippen LogP contribution is -2.03. The molecule has 3 nitrogen and oxygen atoms in total. The highest BCUT2D eigenvalue weighted by Crippen LogP contribution is 2.23. The van der Waals surface area contributed by atoms with E-state index in [0.29, 0.717) is 0 Å². The average molecular weight is 177 g/mol. The molecule has 0 aliphatic rings. The molecule has 66 valence electrons. The molecule has 0 spiro atoms. The van der Waals surface area contributed by atoms with Gasteiger partial charge in [-0.2, -0.15) is 4.39 Å². The number of pyridine rings is 1. The van der Waals surface area contributed by atoms with Gasteiger partial charge in [-0.3, -0.25) is 0 Å². The summed E-state index contributed by atoms with van der Waals surface area (Å²) in [5, 5.41) is 0. The summed E-state index contributed by atoms with van der Waals surface area (Å²) in [6.45, 7) is 0. The highest BCUT2D eigenvalue weighted by Gasteiger charge is 2.13. The molecule has 0 aliphatic carbocycles. The van der Waals surface area contributed by atoms with Gasteiger partial charge in [0.05, 0.1) is 5.69 Å². The fourth-order valence-corrected chi connectivity index (χ4v) is 0.674. The quantitative estimate of drug-likeness (QED) is 0.636. The van der Waals surface area contributed by atoms with Gasteiger partial charge >= 0.3 is 0 Å². The number of nitrogens with zero attached hydrogens (tertiary/aromatic N) is 1. The minimum absolute atomic E-state index is 0.224. The zero-order valence-corrected chi connectivity index (χ0v) is 5.89. The number of hydrogen-bond acceptors (Lipinski definition) is 3. The molecule has 0 saturated heterocycles. The van der Waals surface area contributed by atoms with Crippen LogP contribution < -0.4 is 11.5 Å². The van der Waals surface area contributed by atoms with Gasteiger partial charge in [-0.05, 0) is 6.07 Å². The molecule has 0 aromatic carbocycles. The Kier molecular flexibility index (Phi) is 2.07. The third-order valence-corrected chi connectivity index (χ3v) is 1.29. The summed E-state index contributed by atoms with van der Waals surface area (Å²) in [7, 11) is 0. The molecule has 0 aliphatic heterocycles. The monoisotopic (exact) mass is 177 g/mol. The second-order valence-electron chi connectivity index (χ2n) is 2.14. The number of anilines is 2. The Morgan fingerprint density at radius 3 is 2.33 bits per heavy atom. The van der Waals surface area contributed by atoms with E-state index in [4.69, 9.17) is 11.5 Å². The third-order valence-electron chi connectivity index (χ3n) is 1.29. The van der Waals surface area contributed by atoms with Crippen molar-refractivity contribution in [3.8, 4) is 0 Å². The number of halogens is 3. The molecule has 0 unspecified atom stereocenters. The van der Waals surface area contributed by atoms with Crippen LogP contribution in [0.3, 0.4) is 0 Å². The number of nitrogens with two attached hydrogens (primary N) is 2. The van der Waals surface area contributed by atoms with Gasteiger partial charge in [-0.25, -0.2) is 13.8 Å². The van der Waals surface area contributed by atoms with Gasteiger partial charge in [0.25, 0.3) is 6.43 Å². The van der Waals surface area contributed by atoms with Crippen LogP contribution in [-0.4, -0.2) is 4.98 Å². The lowest BCUT2D eigenvalue weighted by Gasteiger charge is -2.03. The second-order valence-corrected chi connectivity index (χ2v) is 2.14. The zero-order valence-electron chi connectivity index (χ0n) is 5.89. The van der Waals surface area contributed by atoms with E-state index in [1.54, 1.807) is 0 Å². The molecule has 1 aromatic rings. The maximum Gasteiger partial charge on any atom is 0.280 e. The fraction of sp³-hybridized carbons (Fsp3) is 0.167. The van der Waals surface area contributed by atoms with Crippen LogP contribution >= 0.6 is 0 Å². The van der Waals surface area contributed by atoms with Gasteiger partial charge in [0, 0.05) is 0 Å². The van der Waals surface area contributed by atoms with E-state index in [9.17, 15) is 13.2 Å². The van der Waals surface area contributed by atoms with Gasteiger partial charge in [0.1, 0.15) is 11.4 Å². The van der Waals surface area contributed by atoms with Gasteiger partial charge in [-0.1, -0.05) is 0 Å². The van der Waals surface area contributed by atoms with Crippen molar-refractivity contribution in [2.75, 3.05) is 11.5 Å². The van der Waals surface area contributed by atoms with Crippen LogP contribution in [0.5, 0.6) is 0 Å². The predicted octanol–water partition coefficient (Wildman–Crippen LogP) is 1.32. The van der Waals surface area contributed by atoms with Gasteiger partial charge in [0.15, 0.2) is 0 Å². The SMILES string of the molecule is Nc1cc(C(F)F)nc(F)c1N. The molecule has 0 fully saturated rings. The zero-order chi connectivity index (χ0) is 9.30. The van der Waals surface area contributed by atoms with Crippen LogP contribution in [0.15, 0.2) is 6.07 Å². The molecule has 4 N–H and O–H groups in total. The Balaban J connectivity index is 3.21. The minimum Gasteiger partial charge on any atom is -0.397 e. The molecule has 1 aromatic heterocycles. The van der Waals surface area contributed by atoms with Crippen LogP contribution in [0.2, 0.25) is 0 Å². The molecule has 0 bridgehead atoms. The van der Waals surface area contributed by atoms with E-state index in [-0.39, 0.29) is 5.69 Å². The first-order valence-corrected chi connectivity index (χ1v) is 3.02. The summed E-state index contributed by atoms with van der Waals surface area (Å²) in [4.78, 5) is 2.91. The van der Waals surface area contributed by atoms with Gasteiger partial charge in [0.2, 0.25) is 5.95 Å². The van der Waals surface area contributed by atoms with Crippen molar-refractivity contribution in [1.82, 2.24) is 4.98 Å². The van der Waals surface area contributed by atoms with Crippen LogP contribution in [0, 0.1) is 5.95 Å². The third kappa shape index (κ3) is 1.41. The molecular weight excluding hydrogens is 171 g/mol. The minimum atomic E-state index is -2.85. The molecular formula is C6H6F3N3. The summed E-state index contributed by atoms with van der Waals surface area (Å²) in [6.07, 6.45) is -2.85. The van der Waals surface area contributed by atoms with Crippen molar-refractivity contribution < 1.29 is 13.2 Å². The maximum atomic E-state index is 12.6. The number of aromatic nitrogens is 1. The van der Waals surface area contributed by atoms with Gasteiger partial charge in [-0.15, -0.1) is 0 Å². The molecule has 0 saturated carbocycles. The van der Waals surface area contributed by atoms with E-state index in [1.807, 2.05) is 0 Å². The fourth-order valence-electron chi connectivity index (χ4n) is 0.674. The standard InChI is InChI=1S/C6H6F3N3/c7-5(8)3-1-2(10)4(11)6(9)12-3/h1,5H,11H2,(H2,10,12). The first-order valence-electron chi connectivity index (χ1n) is 3.02. The summed E-state index contributed by atoms with van der Waals surface area (Å²) >= 11 is 0. The summed E-state index contributed by atoms with van der Waals surface area (Å²) < 4.78 is 36.4. The van der Waals surface area contributed by atoms with Gasteiger partial charge < -0.3 is 11.5 Å². The van der Waals surface area contributed by atoms with Crippen LogP contribution in [0.4, 0.5) is 24.5 Å². The molecule has 6 heteroatoms. The maximum absolute atomic E-state index is 12.6. The van der Waals surface area contributed by atoms with Crippen molar-refractivity contribution in [3.05, 3.63) is 17.7 Å². The summed E-state index contributed by atoms with van der Waals surface area (Å²) in [5.41, 5.74) is 8.83. The Labute approximate surface area is 66.2 Å². The summed E-state index contributed by atoms with van der Waals surface area (Å²) in [5.74, 6) is -1.16. The predicted molar refractivity (Wildman–Crippen MR) is 38.0 cm³/mol. The number of hydrogen-bond donors (Lipinski definition) is 2. The van der Waals surface area contributed by atoms with Crippen molar-refractivity contribution in [2.45, 2.75) is 6.43 Å². The van der Waals surface area contributed by atoms with Crippen molar-refractivity contribution in [1.29, 1.82) is 0 Å². The first-order chi connectivity index (χ1) is 5.52. The Morgan fingerprint density at radius 2 is 1.92 bits per heavy atom. The lowest BCUT2D eigenvalue weighted by molar-refractivity contribution is 0.145. The van der Waals surface area contributed by atoms with E-state index >= 15 is 0 Å². The van der Waals surface area contributed by atoms with Crippen molar-refractivity contribution in [3.63, 3.8) is 0 Å². The Bertz CT molecular complexity index is 277. The second kappa shape index (κ2) is 2.88.